The van der Waals surface area contributed by atoms with E-state index in [4.69, 9.17) is 0 Å². The molecule has 120 valence electrons. The molecular formula is C14H20N4O4. The van der Waals surface area contributed by atoms with Gasteiger partial charge in [-0.15, -0.1) is 0 Å². The van der Waals surface area contributed by atoms with E-state index in [9.17, 15) is 19.2 Å². The smallest absolute Gasteiger partial charge is 0.240 e. The Labute approximate surface area is 128 Å². The molecule has 0 bridgehead atoms. The SMILES string of the molecule is O=C1CN([C@@H]2CCCC[C@H]2N2CC(=O)NC(=O)C2)CC(=O)N1. The van der Waals surface area contributed by atoms with Crippen LogP contribution < -0.4 is 10.6 Å². The van der Waals surface area contributed by atoms with E-state index >= 15 is 0 Å². The van der Waals surface area contributed by atoms with E-state index in [2.05, 4.69) is 10.6 Å². The fourth-order valence-corrected chi connectivity index (χ4v) is 3.73. The van der Waals surface area contributed by atoms with Crippen LogP contribution >= 0.6 is 0 Å². The first kappa shape index (κ1) is 15.1. The normalized spacial score (nSPS) is 31.8. The Kier molecular flexibility index (Phi) is 4.21. The summed E-state index contributed by atoms with van der Waals surface area (Å²) in [6.07, 6.45) is 3.80. The number of rotatable bonds is 2. The molecule has 2 aliphatic heterocycles. The zero-order chi connectivity index (χ0) is 15.7. The van der Waals surface area contributed by atoms with Crippen molar-refractivity contribution in [2.45, 2.75) is 37.8 Å². The number of nitrogens with one attached hydrogen (secondary N) is 2. The van der Waals surface area contributed by atoms with E-state index in [1.54, 1.807) is 0 Å². The molecule has 0 radical (unpaired) electrons. The minimum absolute atomic E-state index is 0.0300. The molecule has 1 saturated carbocycles. The van der Waals surface area contributed by atoms with Gasteiger partial charge in [-0.2, -0.15) is 0 Å². The van der Waals surface area contributed by atoms with Gasteiger partial charge in [0.15, 0.2) is 0 Å². The summed E-state index contributed by atoms with van der Waals surface area (Å²) in [6.45, 7) is 0.781. The predicted octanol–water partition coefficient (Wildman–Crippen LogP) is -1.79. The van der Waals surface area contributed by atoms with E-state index in [0.717, 1.165) is 25.7 Å². The van der Waals surface area contributed by atoms with Crippen LogP contribution in [0.5, 0.6) is 0 Å². The van der Waals surface area contributed by atoms with Gasteiger partial charge in [0.25, 0.3) is 0 Å². The number of imide groups is 2. The third kappa shape index (κ3) is 3.17. The Morgan fingerprint density at radius 1 is 0.636 bits per heavy atom. The molecule has 3 rings (SSSR count). The van der Waals surface area contributed by atoms with Gasteiger partial charge in [0, 0.05) is 12.1 Å². The summed E-state index contributed by atoms with van der Waals surface area (Å²) in [6, 6.07) is 0.0601. The van der Waals surface area contributed by atoms with Crippen molar-refractivity contribution in [3.63, 3.8) is 0 Å². The van der Waals surface area contributed by atoms with Crippen LogP contribution in [0.15, 0.2) is 0 Å². The van der Waals surface area contributed by atoms with Gasteiger partial charge < -0.3 is 0 Å². The molecule has 0 aromatic rings. The van der Waals surface area contributed by atoms with Crippen LogP contribution in [0.1, 0.15) is 25.7 Å². The van der Waals surface area contributed by atoms with E-state index < -0.39 is 0 Å². The van der Waals surface area contributed by atoms with Crippen LogP contribution in [0, 0.1) is 0 Å². The fraction of sp³-hybridized carbons (Fsp3) is 0.714. The lowest BCUT2D eigenvalue weighted by molar-refractivity contribution is -0.142. The Balaban J connectivity index is 1.76. The van der Waals surface area contributed by atoms with Crippen LogP contribution in [-0.4, -0.2) is 71.7 Å². The lowest BCUT2D eigenvalue weighted by atomic mass is 9.87. The Morgan fingerprint density at radius 2 is 0.955 bits per heavy atom. The Bertz CT molecular complexity index is 443. The van der Waals surface area contributed by atoms with Gasteiger partial charge in [-0.25, -0.2) is 0 Å². The lowest BCUT2D eigenvalue weighted by Gasteiger charge is -2.45. The fourth-order valence-electron chi connectivity index (χ4n) is 3.73. The van der Waals surface area contributed by atoms with Crippen molar-refractivity contribution < 1.29 is 19.2 Å². The van der Waals surface area contributed by atoms with Crippen molar-refractivity contribution in [3.05, 3.63) is 0 Å². The maximum Gasteiger partial charge on any atom is 0.240 e. The number of hydrogen-bond donors (Lipinski definition) is 2. The lowest BCUT2D eigenvalue weighted by Crippen LogP contribution is -2.64. The summed E-state index contributed by atoms with van der Waals surface area (Å²) in [5.74, 6) is -1.14. The maximum absolute atomic E-state index is 11.6. The van der Waals surface area contributed by atoms with Crippen molar-refractivity contribution in [3.8, 4) is 0 Å². The van der Waals surface area contributed by atoms with E-state index in [1.165, 1.54) is 0 Å². The molecule has 0 aromatic carbocycles. The molecule has 1 aliphatic carbocycles. The van der Waals surface area contributed by atoms with Gasteiger partial charge in [-0.05, 0) is 12.8 Å². The molecule has 22 heavy (non-hydrogen) atoms. The maximum atomic E-state index is 11.6. The number of hydrogen-bond acceptors (Lipinski definition) is 6. The number of piperazine rings is 2. The van der Waals surface area contributed by atoms with Crippen molar-refractivity contribution >= 4 is 23.6 Å². The number of carbonyl (C=O) groups is 4. The molecule has 0 spiro atoms. The molecule has 2 atom stereocenters. The minimum atomic E-state index is -0.284. The zero-order valence-electron chi connectivity index (χ0n) is 12.3. The number of carbonyl (C=O) groups excluding carboxylic acids is 4. The average molecular weight is 308 g/mol. The van der Waals surface area contributed by atoms with Crippen LogP contribution in [0.2, 0.25) is 0 Å². The standard InChI is InChI=1S/C14H20N4O4/c19-11-5-17(6-12(20)15-11)9-3-1-2-4-10(9)18-7-13(21)16-14(22)8-18/h9-10H,1-8H2,(H,15,19,20)(H,16,21,22)/t9-,10-/m1/s1. The van der Waals surface area contributed by atoms with Crippen molar-refractivity contribution in [2.24, 2.45) is 0 Å². The molecular weight excluding hydrogens is 288 g/mol. The molecule has 8 nitrogen and oxygen atoms in total. The first-order valence-corrected chi connectivity index (χ1v) is 7.66. The van der Waals surface area contributed by atoms with Crippen molar-refractivity contribution in [1.29, 1.82) is 0 Å². The topological polar surface area (TPSA) is 98.8 Å². The third-order valence-electron chi connectivity index (χ3n) is 4.58. The number of amides is 4. The highest BCUT2D eigenvalue weighted by molar-refractivity contribution is 6.00. The molecule has 0 unspecified atom stereocenters. The molecule has 2 heterocycles. The average Bonchev–Trinajstić information content (AvgIpc) is 2.45. The van der Waals surface area contributed by atoms with Gasteiger partial charge in [0.2, 0.25) is 23.6 Å². The molecule has 3 aliphatic rings. The molecule has 0 aromatic heterocycles. The highest BCUT2D eigenvalue weighted by Gasteiger charge is 2.39. The second kappa shape index (κ2) is 6.13. The quantitative estimate of drug-likeness (QED) is 0.585. The van der Waals surface area contributed by atoms with Crippen LogP contribution in [0.4, 0.5) is 0 Å². The molecule has 2 saturated heterocycles. The molecule has 8 heteroatoms. The molecule has 3 fully saturated rings. The highest BCUT2D eigenvalue weighted by atomic mass is 16.2. The predicted molar refractivity (Wildman–Crippen MR) is 75.5 cm³/mol. The largest absolute Gasteiger partial charge is 0.294 e. The van der Waals surface area contributed by atoms with Gasteiger partial charge >= 0.3 is 0 Å². The zero-order valence-corrected chi connectivity index (χ0v) is 12.3. The summed E-state index contributed by atoms with van der Waals surface area (Å²) < 4.78 is 0. The van der Waals surface area contributed by atoms with Crippen LogP contribution in [0.3, 0.4) is 0 Å². The highest BCUT2D eigenvalue weighted by Crippen LogP contribution is 2.28. The van der Waals surface area contributed by atoms with Gasteiger partial charge in [-0.3, -0.25) is 39.6 Å². The van der Waals surface area contributed by atoms with Crippen molar-refractivity contribution in [2.75, 3.05) is 26.2 Å². The Hall–Kier alpha value is -1.80. The summed E-state index contributed by atoms with van der Waals surface area (Å²) in [7, 11) is 0. The Morgan fingerprint density at radius 3 is 1.27 bits per heavy atom. The summed E-state index contributed by atoms with van der Waals surface area (Å²) in [5.41, 5.74) is 0. The second-order valence-corrected chi connectivity index (χ2v) is 6.17. The minimum Gasteiger partial charge on any atom is -0.294 e. The first-order chi connectivity index (χ1) is 10.5. The van der Waals surface area contributed by atoms with E-state index in [0.29, 0.717) is 0 Å². The summed E-state index contributed by atoms with van der Waals surface area (Å²) in [5, 5.41) is 4.61. The summed E-state index contributed by atoms with van der Waals surface area (Å²) in [4.78, 5) is 50.2. The van der Waals surface area contributed by atoms with Gasteiger partial charge in [0.1, 0.15) is 0 Å². The monoisotopic (exact) mass is 308 g/mol. The van der Waals surface area contributed by atoms with E-state index in [1.807, 2.05) is 9.80 Å². The van der Waals surface area contributed by atoms with Crippen molar-refractivity contribution in [1.82, 2.24) is 20.4 Å². The number of nitrogens with zero attached hydrogens (tertiary/aromatic N) is 2. The molecule has 2 N–H and O–H groups in total. The first-order valence-electron chi connectivity index (χ1n) is 7.66. The molecule has 4 amide bonds. The van der Waals surface area contributed by atoms with E-state index in [-0.39, 0.29) is 61.9 Å². The third-order valence-corrected chi connectivity index (χ3v) is 4.58. The second-order valence-electron chi connectivity index (χ2n) is 6.17. The van der Waals surface area contributed by atoms with Gasteiger partial charge in [-0.1, -0.05) is 12.8 Å². The van der Waals surface area contributed by atoms with Crippen LogP contribution in [0.25, 0.3) is 0 Å². The summed E-state index contributed by atoms with van der Waals surface area (Å²) >= 11 is 0. The van der Waals surface area contributed by atoms with Gasteiger partial charge in [0.05, 0.1) is 26.2 Å². The van der Waals surface area contributed by atoms with Crippen LogP contribution in [-0.2, 0) is 19.2 Å².